The molecule has 172 valence electrons. The zero-order valence-corrected chi connectivity index (χ0v) is 21.3. The number of benzene rings is 1. The van der Waals surface area contributed by atoms with E-state index in [2.05, 4.69) is 39.5 Å². The van der Waals surface area contributed by atoms with E-state index in [0.29, 0.717) is 12.6 Å². The van der Waals surface area contributed by atoms with Gasteiger partial charge in [0.25, 0.3) is 0 Å². The molecule has 1 saturated heterocycles. The highest BCUT2D eigenvalue weighted by molar-refractivity contribution is 14.0. The van der Waals surface area contributed by atoms with Gasteiger partial charge in [-0.1, -0.05) is 12.1 Å². The predicted octanol–water partition coefficient (Wildman–Crippen LogP) is 2.94. The van der Waals surface area contributed by atoms with Gasteiger partial charge in [-0.2, -0.15) is 0 Å². The summed E-state index contributed by atoms with van der Waals surface area (Å²) in [6.45, 7) is 7.99. The van der Waals surface area contributed by atoms with E-state index in [1.165, 1.54) is 5.56 Å². The fourth-order valence-corrected chi connectivity index (χ4v) is 3.58. The Morgan fingerprint density at radius 2 is 1.90 bits per heavy atom. The standard InChI is InChI=1S/C22H34N6O2.HI/c1-5-30-20-11-14-28(15-12-20)22(24-16-21-26-25-17(2)27(21)3)23-13-10-18-6-8-19(29-4)9-7-18;/h6-9,20H,5,10-16H2,1-4H3,(H,23,24);1H. The zero-order chi connectivity index (χ0) is 21.3. The molecule has 0 amide bonds. The molecule has 3 rings (SSSR count). The van der Waals surface area contributed by atoms with Crippen LogP contribution in [0, 0.1) is 6.92 Å². The quantitative estimate of drug-likeness (QED) is 0.314. The van der Waals surface area contributed by atoms with Gasteiger partial charge in [0.1, 0.15) is 18.1 Å². The molecule has 0 bridgehead atoms. The third kappa shape index (κ3) is 7.34. The molecule has 1 aliphatic rings. The summed E-state index contributed by atoms with van der Waals surface area (Å²) in [5.74, 6) is 3.57. The molecule has 1 aromatic carbocycles. The van der Waals surface area contributed by atoms with Crippen LogP contribution in [0.25, 0.3) is 0 Å². The number of halogens is 1. The molecule has 9 heteroatoms. The lowest BCUT2D eigenvalue weighted by Gasteiger charge is -2.34. The third-order valence-electron chi connectivity index (χ3n) is 5.55. The first kappa shape index (κ1) is 25.4. The van der Waals surface area contributed by atoms with E-state index in [0.717, 1.165) is 68.9 Å². The molecular formula is C22H35IN6O2. The molecule has 0 aliphatic carbocycles. The topological polar surface area (TPSA) is 76.8 Å². The Morgan fingerprint density at radius 3 is 2.48 bits per heavy atom. The van der Waals surface area contributed by atoms with Crippen LogP contribution in [-0.4, -0.2) is 65.1 Å². The van der Waals surface area contributed by atoms with Crippen LogP contribution < -0.4 is 10.1 Å². The maximum absolute atomic E-state index is 5.80. The Morgan fingerprint density at radius 1 is 1.19 bits per heavy atom. The molecule has 2 aromatic rings. The predicted molar refractivity (Wildman–Crippen MR) is 133 cm³/mol. The monoisotopic (exact) mass is 542 g/mol. The normalized spacial score (nSPS) is 15.0. The van der Waals surface area contributed by atoms with Gasteiger partial charge in [-0.15, -0.1) is 34.2 Å². The second-order valence-corrected chi connectivity index (χ2v) is 7.53. The molecule has 2 heterocycles. The summed E-state index contributed by atoms with van der Waals surface area (Å²) in [4.78, 5) is 7.19. The Balaban J connectivity index is 0.00000341. The molecule has 0 saturated carbocycles. The summed E-state index contributed by atoms with van der Waals surface area (Å²) >= 11 is 0. The first-order valence-corrected chi connectivity index (χ1v) is 10.7. The van der Waals surface area contributed by atoms with Crippen LogP contribution in [0.4, 0.5) is 0 Å². The highest BCUT2D eigenvalue weighted by Gasteiger charge is 2.22. The number of ether oxygens (including phenoxy) is 2. The number of aromatic nitrogens is 3. The van der Waals surface area contributed by atoms with Crippen molar-refractivity contribution in [1.82, 2.24) is 25.0 Å². The molecule has 31 heavy (non-hydrogen) atoms. The average molecular weight is 542 g/mol. The number of hydrogen-bond donors (Lipinski definition) is 1. The summed E-state index contributed by atoms with van der Waals surface area (Å²) in [5, 5.41) is 11.9. The van der Waals surface area contributed by atoms with E-state index >= 15 is 0 Å². The summed E-state index contributed by atoms with van der Waals surface area (Å²) in [6.07, 6.45) is 3.32. The van der Waals surface area contributed by atoms with Gasteiger partial charge < -0.3 is 24.3 Å². The molecule has 0 atom stereocenters. The highest BCUT2D eigenvalue weighted by Crippen LogP contribution is 2.15. The molecule has 8 nitrogen and oxygen atoms in total. The van der Waals surface area contributed by atoms with Crippen LogP contribution in [0.3, 0.4) is 0 Å². The number of nitrogens with one attached hydrogen (secondary N) is 1. The van der Waals surface area contributed by atoms with E-state index in [-0.39, 0.29) is 24.0 Å². The largest absolute Gasteiger partial charge is 0.497 e. The van der Waals surface area contributed by atoms with Crippen molar-refractivity contribution < 1.29 is 9.47 Å². The summed E-state index contributed by atoms with van der Waals surface area (Å²) in [7, 11) is 3.66. The van der Waals surface area contributed by atoms with Gasteiger partial charge in [-0.3, -0.25) is 0 Å². The number of piperidine rings is 1. The number of nitrogens with zero attached hydrogens (tertiary/aromatic N) is 5. The number of methoxy groups -OCH3 is 1. The minimum atomic E-state index is 0. The summed E-state index contributed by atoms with van der Waals surface area (Å²) in [5.41, 5.74) is 1.27. The molecular weight excluding hydrogens is 507 g/mol. The van der Waals surface area contributed by atoms with Gasteiger partial charge in [0.15, 0.2) is 11.8 Å². The molecule has 0 unspecified atom stereocenters. The Bertz CT molecular complexity index is 816. The molecule has 1 N–H and O–H groups in total. The Kier molecular flexibility index (Phi) is 10.5. The maximum atomic E-state index is 5.80. The van der Waals surface area contributed by atoms with Crippen molar-refractivity contribution in [2.75, 3.05) is 33.4 Å². The number of likely N-dealkylation sites (tertiary alicyclic amines) is 1. The van der Waals surface area contributed by atoms with Crippen molar-refractivity contribution in [2.45, 2.75) is 45.8 Å². The van der Waals surface area contributed by atoms with E-state index in [9.17, 15) is 0 Å². The van der Waals surface area contributed by atoms with Gasteiger partial charge in [0.05, 0.1) is 13.2 Å². The van der Waals surface area contributed by atoms with E-state index in [4.69, 9.17) is 14.5 Å². The first-order valence-electron chi connectivity index (χ1n) is 10.7. The van der Waals surface area contributed by atoms with Gasteiger partial charge in [0, 0.05) is 33.3 Å². The van der Waals surface area contributed by atoms with Crippen molar-refractivity contribution in [3.8, 4) is 5.75 Å². The van der Waals surface area contributed by atoms with Crippen LogP contribution >= 0.6 is 24.0 Å². The average Bonchev–Trinajstić information content (AvgIpc) is 3.09. The van der Waals surface area contributed by atoms with Crippen molar-refractivity contribution in [3.05, 3.63) is 41.5 Å². The Hall–Kier alpha value is -1.88. The van der Waals surface area contributed by atoms with Gasteiger partial charge >= 0.3 is 0 Å². The fourth-order valence-electron chi connectivity index (χ4n) is 3.58. The minimum absolute atomic E-state index is 0. The van der Waals surface area contributed by atoms with E-state index < -0.39 is 0 Å². The third-order valence-corrected chi connectivity index (χ3v) is 5.55. The van der Waals surface area contributed by atoms with Crippen LogP contribution in [0.1, 0.15) is 37.0 Å². The Labute approximate surface area is 202 Å². The molecule has 1 aliphatic heterocycles. The van der Waals surface area contributed by atoms with Crippen molar-refractivity contribution >= 4 is 29.9 Å². The van der Waals surface area contributed by atoms with Gasteiger partial charge in [-0.05, 0) is 50.8 Å². The molecule has 1 aromatic heterocycles. The fraction of sp³-hybridized carbons (Fsp3) is 0.591. The smallest absolute Gasteiger partial charge is 0.194 e. The summed E-state index contributed by atoms with van der Waals surface area (Å²) in [6, 6.07) is 8.21. The van der Waals surface area contributed by atoms with Crippen LogP contribution in [0.5, 0.6) is 5.75 Å². The number of hydrogen-bond acceptors (Lipinski definition) is 5. The van der Waals surface area contributed by atoms with Crippen molar-refractivity contribution in [1.29, 1.82) is 0 Å². The second kappa shape index (κ2) is 12.8. The number of aryl methyl sites for hydroxylation is 1. The lowest BCUT2D eigenvalue weighted by molar-refractivity contribution is 0.0263. The van der Waals surface area contributed by atoms with Gasteiger partial charge in [0.2, 0.25) is 0 Å². The van der Waals surface area contributed by atoms with Crippen LogP contribution in [-0.2, 0) is 24.8 Å². The van der Waals surface area contributed by atoms with Crippen LogP contribution in [0.15, 0.2) is 29.3 Å². The van der Waals surface area contributed by atoms with Crippen molar-refractivity contribution in [3.63, 3.8) is 0 Å². The number of rotatable bonds is 8. The summed E-state index contributed by atoms with van der Waals surface area (Å²) < 4.78 is 13.0. The minimum Gasteiger partial charge on any atom is -0.497 e. The maximum Gasteiger partial charge on any atom is 0.194 e. The molecule has 0 radical (unpaired) electrons. The van der Waals surface area contributed by atoms with Gasteiger partial charge in [-0.25, -0.2) is 4.99 Å². The van der Waals surface area contributed by atoms with E-state index in [1.807, 2.05) is 30.7 Å². The number of guanidine groups is 1. The lowest BCUT2D eigenvalue weighted by atomic mass is 10.1. The van der Waals surface area contributed by atoms with E-state index in [1.54, 1.807) is 7.11 Å². The van der Waals surface area contributed by atoms with Crippen LogP contribution in [0.2, 0.25) is 0 Å². The number of aliphatic imine (C=N–C) groups is 1. The lowest BCUT2D eigenvalue weighted by Crippen LogP contribution is -2.47. The second-order valence-electron chi connectivity index (χ2n) is 7.53. The highest BCUT2D eigenvalue weighted by atomic mass is 127. The zero-order valence-electron chi connectivity index (χ0n) is 19.0. The van der Waals surface area contributed by atoms with Crippen molar-refractivity contribution in [2.24, 2.45) is 12.0 Å². The molecule has 1 fully saturated rings. The molecule has 0 spiro atoms. The first-order chi connectivity index (χ1) is 14.6. The SMILES string of the molecule is CCOC1CCN(C(=NCc2nnc(C)n2C)NCCc2ccc(OC)cc2)CC1.I.